The molecule has 0 saturated heterocycles. The van der Waals surface area contributed by atoms with Crippen molar-refractivity contribution in [2.45, 2.75) is 44.6 Å². The van der Waals surface area contributed by atoms with E-state index in [0.717, 1.165) is 31.2 Å². The number of aliphatic hydroxyl groups is 1. The van der Waals surface area contributed by atoms with Crippen LogP contribution in [0.15, 0.2) is 24.5 Å². The Morgan fingerprint density at radius 2 is 2.05 bits per heavy atom. The molecule has 1 saturated carbocycles. The predicted molar refractivity (Wildman–Crippen MR) is 73.5 cm³/mol. The largest absolute Gasteiger partial charge is 0.394 e. The van der Waals surface area contributed by atoms with Crippen LogP contribution < -0.4 is 5.32 Å². The van der Waals surface area contributed by atoms with Crippen molar-refractivity contribution >= 4 is 5.91 Å². The molecule has 1 aromatic heterocycles. The minimum atomic E-state index is -0.406. The van der Waals surface area contributed by atoms with Gasteiger partial charge in [0.25, 0.3) is 0 Å². The minimum absolute atomic E-state index is 0.0187. The van der Waals surface area contributed by atoms with Crippen LogP contribution in [0.2, 0.25) is 0 Å². The number of carbonyl (C=O) groups excluding carboxylic acids is 1. The average Bonchev–Trinajstić information content (AvgIpc) is 2.43. The summed E-state index contributed by atoms with van der Waals surface area (Å²) < 4.78 is 0. The van der Waals surface area contributed by atoms with Crippen molar-refractivity contribution in [2.75, 3.05) is 6.61 Å². The molecule has 1 heterocycles. The summed E-state index contributed by atoms with van der Waals surface area (Å²) in [6, 6.07) is 3.68. The number of rotatable bonds is 4. The third-order valence-electron chi connectivity index (χ3n) is 4.05. The Labute approximate surface area is 114 Å². The fourth-order valence-corrected chi connectivity index (χ4v) is 2.66. The number of nitrogens with one attached hydrogen (secondary N) is 1. The van der Waals surface area contributed by atoms with Gasteiger partial charge < -0.3 is 10.4 Å². The molecule has 0 atom stereocenters. The third-order valence-corrected chi connectivity index (χ3v) is 4.05. The van der Waals surface area contributed by atoms with Gasteiger partial charge in [-0.3, -0.25) is 9.78 Å². The van der Waals surface area contributed by atoms with Crippen LogP contribution in [-0.2, 0) is 11.2 Å². The van der Waals surface area contributed by atoms with Gasteiger partial charge in [-0.15, -0.1) is 0 Å². The van der Waals surface area contributed by atoms with Crippen molar-refractivity contribution in [3.63, 3.8) is 0 Å². The summed E-state index contributed by atoms with van der Waals surface area (Å²) in [5, 5.41) is 12.7. The van der Waals surface area contributed by atoms with Gasteiger partial charge in [-0.25, -0.2) is 0 Å². The highest BCUT2D eigenvalue weighted by Crippen LogP contribution is 2.31. The van der Waals surface area contributed by atoms with Crippen LogP contribution in [0.5, 0.6) is 0 Å². The van der Waals surface area contributed by atoms with E-state index in [1.807, 2.05) is 12.1 Å². The maximum atomic E-state index is 12.1. The fraction of sp³-hybridized carbons (Fsp3) is 0.600. The second-order valence-electron chi connectivity index (χ2n) is 5.70. The first-order valence-electron chi connectivity index (χ1n) is 6.94. The molecule has 0 aliphatic heterocycles. The second-order valence-corrected chi connectivity index (χ2v) is 5.70. The molecule has 2 N–H and O–H groups in total. The van der Waals surface area contributed by atoms with Crippen molar-refractivity contribution in [1.29, 1.82) is 0 Å². The lowest BCUT2D eigenvalue weighted by Gasteiger charge is -2.38. The number of pyridine rings is 1. The normalized spacial score (nSPS) is 26.9. The lowest BCUT2D eigenvalue weighted by atomic mass is 9.77. The van der Waals surface area contributed by atoms with Gasteiger partial charge in [-0.2, -0.15) is 0 Å². The van der Waals surface area contributed by atoms with Gasteiger partial charge >= 0.3 is 0 Å². The molecule has 1 aliphatic rings. The Hall–Kier alpha value is -1.42. The molecular formula is C15H22N2O2. The summed E-state index contributed by atoms with van der Waals surface area (Å²) in [5.74, 6) is 0.673. The van der Waals surface area contributed by atoms with E-state index in [2.05, 4.69) is 17.2 Å². The van der Waals surface area contributed by atoms with Crippen LogP contribution in [0, 0.1) is 5.92 Å². The smallest absolute Gasteiger partial charge is 0.224 e. The van der Waals surface area contributed by atoms with Gasteiger partial charge in [0.15, 0.2) is 0 Å². The highest BCUT2D eigenvalue weighted by Gasteiger charge is 2.34. The lowest BCUT2D eigenvalue weighted by Crippen LogP contribution is -2.53. The lowest BCUT2D eigenvalue weighted by molar-refractivity contribution is -0.123. The predicted octanol–water partition coefficient (Wildman–Crippen LogP) is 1.68. The van der Waals surface area contributed by atoms with E-state index in [4.69, 9.17) is 0 Å². The Morgan fingerprint density at radius 3 is 2.63 bits per heavy atom. The molecular weight excluding hydrogens is 240 g/mol. The number of amides is 1. The first-order valence-corrected chi connectivity index (χ1v) is 6.94. The second kappa shape index (κ2) is 6.15. The standard InChI is InChI=1S/C15H22N2O2/c1-12-2-6-15(11-18,7-3-12)17-14(19)10-13-4-8-16-9-5-13/h4-5,8-9,12,18H,2-3,6-7,10-11H2,1H3,(H,17,19). The van der Waals surface area contributed by atoms with E-state index in [1.54, 1.807) is 12.4 Å². The molecule has 0 bridgehead atoms. The number of nitrogens with zero attached hydrogens (tertiary/aromatic N) is 1. The molecule has 4 heteroatoms. The van der Waals surface area contributed by atoms with Gasteiger partial charge in [0.1, 0.15) is 0 Å². The topological polar surface area (TPSA) is 62.2 Å². The first-order chi connectivity index (χ1) is 9.13. The zero-order chi connectivity index (χ0) is 13.7. The zero-order valence-corrected chi connectivity index (χ0v) is 11.4. The van der Waals surface area contributed by atoms with E-state index >= 15 is 0 Å². The summed E-state index contributed by atoms with van der Waals surface area (Å²) in [4.78, 5) is 16.0. The molecule has 4 nitrogen and oxygen atoms in total. The minimum Gasteiger partial charge on any atom is -0.394 e. The van der Waals surface area contributed by atoms with Crippen molar-refractivity contribution in [2.24, 2.45) is 5.92 Å². The molecule has 0 spiro atoms. The Kier molecular flexibility index (Phi) is 4.53. The number of carbonyl (C=O) groups is 1. The molecule has 1 fully saturated rings. The molecule has 0 unspecified atom stereocenters. The maximum Gasteiger partial charge on any atom is 0.224 e. The van der Waals surface area contributed by atoms with Crippen LogP contribution in [0.4, 0.5) is 0 Å². The van der Waals surface area contributed by atoms with E-state index < -0.39 is 5.54 Å². The summed E-state index contributed by atoms with van der Waals surface area (Å²) in [6.45, 7) is 2.25. The number of hydrogen-bond donors (Lipinski definition) is 2. The molecule has 19 heavy (non-hydrogen) atoms. The summed E-state index contributed by atoms with van der Waals surface area (Å²) in [6.07, 6.45) is 7.59. The summed E-state index contributed by atoms with van der Waals surface area (Å²) in [5.41, 5.74) is 0.543. The molecule has 2 rings (SSSR count). The molecule has 1 aliphatic carbocycles. The fourth-order valence-electron chi connectivity index (χ4n) is 2.66. The van der Waals surface area contributed by atoms with Crippen LogP contribution in [0.25, 0.3) is 0 Å². The van der Waals surface area contributed by atoms with Crippen molar-refractivity contribution in [3.8, 4) is 0 Å². The molecule has 1 amide bonds. The van der Waals surface area contributed by atoms with E-state index in [0.29, 0.717) is 12.3 Å². The van der Waals surface area contributed by atoms with Crippen molar-refractivity contribution in [3.05, 3.63) is 30.1 Å². The van der Waals surface area contributed by atoms with Crippen LogP contribution in [0.1, 0.15) is 38.2 Å². The highest BCUT2D eigenvalue weighted by atomic mass is 16.3. The van der Waals surface area contributed by atoms with Gasteiger partial charge in [-0.1, -0.05) is 6.92 Å². The summed E-state index contributed by atoms with van der Waals surface area (Å²) >= 11 is 0. The first kappa shape index (κ1) is 14.0. The number of hydrogen-bond acceptors (Lipinski definition) is 3. The van der Waals surface area contributed by atoms with E-state index in [1.165, 1.54) is 0 Å². The zero-order valence-electron chi connectivity index (χ0n) is 11.4. The molecule has 0 radical (unpaired) electrons. The third kappa shape index (κ3) is 3.77. The van der Waals surface area contributed by atoms with Crippen molar-refractivity contribution in [1.82, 2.24) is 10.3 Å². The van der Waals surface area contributed by atoms with Gasteiger partial charge in [0.05, 0.1) is 18.6 Å². The quantitative estimate of drug-likeness (QED) is 0.868. The van der Waals surface area contributed by atoms with Gasteiger partial charge in [0.2, 0.25) is 5.91 Å². The maximum absolute atomic E-state index is 12.1. The SMILES string of the molecule is CC1CCC(CO)(NC(=O)Cc2ccncc2)CC1. The molecule has 0 aromatic carbocycles. The molecule has 104 valence electrons. The average molecular weight is 262 g/mol. The van der Waals surface area contributed by atoms with Gasteiger partial charge in [0, 0.05) is 12.4 Å². The van der Waals surface area contributed by atoms with Crippen LogP contribution in [0.3, 0.4) is 0 Å². The van der Waals surface area contributed by atoms with Crippen LogP contribution in [-0.4, -0.2) is 28.1 Å². The van der Waals surface area contributed by atoms with Crippen molar-refractivity contribution < 1.29 is 9.90 Å². The number of aliphatic hydroxyl groups excluding tert-OH is 1. The Balaban J connectivity index is 1.93. The van der Waals surface area contributed by atoms with E-state index in [-0.39, 0.29) is 12.5 Å². The summed E-state index contributed by atoms with van der Waals surface area (Å²) in [7, 11) is 0. The van der Waals surface area contributed by atoms with Crippen LogP contribution >= 0.6 is 0 Å². The molecule has 1 aromatic rings. The van der Waals surface area contributed by atoms with Gasteiger partial charge in [-0.05, 0) is 49.3 Å². The Bertz CT molecular complexity index is 411. The van der Waals surface area contributed by atoms with E-state index in [9.17, 15) is 9.90 Å². The highest BCUT2D eigenvalue weighted by molar-refractivity contribution is 5.79. The monoisotopic (exact) mass is 262 g/mol. The Morgan fingerprint density at radius 1 is 1.42 bits per heavy atom. The number of aromatic nitrogens is 1.